The second-order valence-corrected chi connectivity index (χ2v) is 5.56. The van der Waals surface area contributed by atoms with Crippen LogP contribution in [0.1, 0.15) is 5.56 Å². The van der Waals surface area contributed by atoms with Gasteiger partial charge in [0, 0.05) is 21.4 Å². The number of rotatable bonds is 7. The van der Waals surface area contributed by atoms with Crippen LogP contribution < -0.4 is 0 Å². The van der Waals surface area contributed by atoms with Gasteiger partial charge >= 0.3 is 0 Å². The molecule has 0 aromatic heterocycles. The molecule has 90 valence electrons. The fraction of sp³-hybridized carbons (Fsp3) is 0.500. The van der Waals surface area contributed by atoms with E-state index in [1.807, 2.05) is 18.2 Å². The van der Waals surface area contributed by atoms with Crippen molar-refractivity contribution in [3.8, 4) is 0 Å². The predicted octanol–water partition coefficient (Wildman–Crippen LogP) is 4.37. The zero-order valence-electron chi connectivity index (χ0n) is 8.96. The van der Waals surface area contributed by atoms with Gasteiger partial charge in [0.05, 0.1) is 13.2 Å². The Bertz CT molecular complexity index is 277. The molecule has 1 nitrogen and oxygen atoms in total. The zero-order valence-corrected chi connectivity index (χ0v) is 13.7. The first kappa shape index (κ1) is 14.7. The van der Waals surface area contributed by atoms with Gasteiger partial charge in [0.2, 0.25) is 0 Å². The second-order valence-electron chi connectivity index (χ2n) is 3.88. The summed E-state index contributed by atoms with van der Waals surface area (Å²) in [5.41, 5.74) is 1.35. The minimum absolute atomic E-state index is 0.134. The van der Waals surface area contributed by atoms with Crippen molar-refractivity contribution in [1.29, 1.82) is 0 Å². The first-order valence-corrected chi connectivity index (χ1v) is 8.42. The van der Waals surface area contributed by atoms with E-state index < -0.39 is 0 Å². The topological polar surface area (TPSA) is 9.23 Å². The largest absolute Gasteiger partial charge is 0.376 e. The van der Waals surface area contributed by atoms with Gasteiger partial charge in [-0.05, 0) is 5.56 Å². The van der Waals surface area contributed by atoms with Crippen LogP contribution in [0.25, 0.3) is 0 Å². The van der Waals surface area contributed by atoms with Gasteiger partial charge < -0.3 is 4.74 Å². The molecule has 16 heavy (non-hydrogen) atoms. The van der Waals surface area contributed by atoms with Crippen LogP contribution in [0.3, 0.4) is 0 Å². The molecule has 1 rings (SSSR count). The molecule has 0 radical (unpaired) electrons. The highest BCUT2D eigenvalue weighted by Crippen LogP contribution is 2.26. The van der Waals surface area contributed by atoms with Gasteiger partial charge in [-0.25, -0.2) is 0 Å². The van der Waals surface area contributed by atoms with E-state index in [2.05, 4.69) is 59.9 Å². The van der Waals surface area contributed by atoms with E-state index in [0.717, 1.165) is 22.6 Å². The average molecular weight is 415 g/mol. The molecule has 0 bridgehead atoms. The lowest BCUT2D eigenvalue weighted by Crippen LogP contribution is -2.32. The molecule has 0 aliphatic heterocycles. The van der Waals surface area contributed by atoms with Crippen LogP contribution in [0.5, 0.6) is 0 Å². The summed E-state index contributed by atoms with van der Waals surface area (Å²) in [6.45, 7) is 1.42. The molecule has 0 aliphatic rings. The van der Waals surface area contributed by atoms with Crippen LogP contribution in [0.2, 0.25) is 0 Å². The van der Waals surface area contributed by atoms with Crippen molar-refractivity contribution in [3.63, 3.8) is 0 Å². The number of ether oxygens (including phenoxy) is 1. The van der Waals surface area contributed by atoms with Gasteiger partial charge in [-0.1, -0.05) is 78.1 Å². The molecule has 0 saturated carbocycles. The quantitative estimate of drug-likeness (QED) is 0.602. The predicted molar refractivity (Wildman–Crippen MR) is 79.9 cm³/mol. The van der Waals surface area contributed by atoms with Gasteiger partial charge in [-0.15, -0.1) is 0 Å². The van der Waals surface area contributed by atoms with Gasteiger partial charge in [-0.3, -0.25) is 0 Å². The summed E-state index contributed by atoms with van der Waals surface area (Å²) >= 11 is 10.6. The first-order chi connectivity index (χ1) is 7.76. The van der Waals surface area contributed by atoms with Gasteiger partial charge in [0.15, 0.2) is 0 Å². The summed E-state index contributed by atoms with van der Waals surface area (Å²) in [7, 11) is 0. The molecule has 0 fully saturated rings. The highest BCUT2D eigenvalue weighted by atomic mass is 79.9. The van der Waals surface area contributed by atoms with E-state index in [1.54, 1.807) is 0 Å². The van der Waals surface area contributed by atoms with Crippen molar-refractivity contribution in [2.45, 2.75) is 6.61 Å². The maximum atomic E-state index is 5.77. The highest BCUT2D eigenvalue weighted by Gasteiger charge is 2.26. The van der Waals surface area contributed by atoms with Crippen molar-refractivity contribution >= 4 is 47.8 Å². The Kier molecular flexibility index (Phi) is 7.20. The molecule has 0 saturated heterocycles. The number of hydrogen-bond donors (Lipinski definition) is 0. The van der Waals surface area contributed by atoms with Crippen molar-refractivity contribution < 1.29 is 4.74 Å². The number of halogens is 3. The summed E-state index contributed by atoms with van der Waals surface area (Å²) in [6, 6.07) is 10.2. The summed E-state index contributed by atoms with van der Waals surface area (Å²) in [6.07, 6.45) is 0. The fourth-order valence-electron chi connectivity index (χ4n) is 1.18. The summed E-state index contributed by atoms with van der Waals surface area (Å²) in [4.78, 5) is 0. The van der Waals surface area contributed by atoms with E-state index >= 15 is 0 Å². The van der Waals surface area contributed by atoms with Crippen LogP contribution in [0.15, 0.2) is 30.3 Å². The summed E-state index contributed by atoms with van der Waals surface area (Å²) in [5, 5.41) is 2.77. The molecule has 0 amide bonds. The lowest BCUT2D eigenvalue weighted by atomic mass is 9.98. The normalized spacial score (nSPS) is 11.7. The Hall–Kier alpha value is 0.620. The molecule has 0 spiro atoms. The first-order valence-electron chi connectivity index (χ1n) is 5.06. The SMILES string of the molecule is BrCC(CBr)(CBr)COCc1ccccc1. The van der Waals surface area contributed by atoms with Crippen molar-refractivity contribution in [2.75, 3.05) is 22.6 Å². The maximum absolute atomic E-state index is 5.77. The van der Waals surface area contributed by atoms with Gasteiger partial charge in [0.25, 0.3) is 0 Å². The van der Waals surface area contributed by atoms with Crippen LogP contribution in [-0.4, -0.2) is 22.6 Å². The maximum Gasteiger partial charge on any atom is 0.0717 e. The monoisotopic (exact) mass is 412 g/mol. The van der Waals surface area contributed by atoms with Crippen molar-refractivity contribution in [3.05, 3.63) is 35.9 Å². The van der Waals surface area contributed by atoms with E-state index in [4.69, 9.17) is 4.74 Å². The minimum Gasteiger partial charge on any atom is -0.376 e. The molecular formula is C12H15Br3O. The number of benzene rings is 1. The van der Waals surface area contributed by atoms with Crippen LogP contribution >= 0.6 is 47.8 Å². The fourth-order valence-corrected chi connectivity index (χ4v) is 4.45. The third-order valence-electron chi connectivity index (χ3n) is 2.37. The summed E-state index contributed by atoms with van der Waals surface area (Å²) < 4.78 is 5.77. The van der Waals surface area contributed by atoms with E-state index in [-0.39, 0.29) is 5.41 Å². The minimum atomic E-state index is 0.134. The number of alkyl halides is 3. The Labute approximate surface area is 122 Å². The molecule has 0 aliphatic carbocycles. The van der Waals surface area contributed by atoms with Crippen LogP contribution in [0, 0.1) is 5.41 Å². The molecule has 0 N–H and O–H groups in total. The Morgan fingerprint density at radius 1 is 0.938 bits per heavy atom. The molecule has 4 heteroatoms. The van der Waals surface area contributed by atoms with Crippen LogP contribution in [0.4, 0.5) is 0 Å². The highest BCUT2D eigenvalue weighted by molar-refractivity contribution is 9.10. The Morgan fingerprint density at radius 3 is 2.00 bits per heavy atom. The molecule has 1 aromatic carbocycles. The van der Waals surface area contributed by atoms with Crippen molar-refractivity contribution in [2.24, 2.45) is 5.41 Å². The number of hydrogen-bond acceptors (Lipinski definition) is 1. The van der Waals surface area contributed by atoms with Gasteiger partial charge in [-0.2, -0.15) is 0 Å². The third-order valence-corrected chi connectivity index (χ3v) is 5.94. The third kappa shape index (κ3) is 4.47. The lowest BCUT2D eigenvalue weighted by molar-refractivity contribution is 0.0674. The smallest absolute Gasteiger partial charge is 0.0717 e. The molecule has 0 unspecified atom stereocenters. The lowest BCUT2D eigenvalue weighted by Gasteiger charge is -2.27. The van der Waals surface area contributed by atoms with Crippen molar-refractivity contribution in [1.82, 2.24) is 0 Å². The molecule has 0 atom stereocenters. The van der Waals surface area contributed by atoms with E-state index in [9.17, 15) is 0 Å². The zero-order chi connectivity index (χ0) is 11.9. The molecule has 0 heterocycles. The average Bonchev–Trinajstić information content (AvgIpc) is 2.37. The Balaban J connectivity index is 2.39. The van der Waals surface area contributed by atoms with Crippen LogP contribution in [-0.2, 0) is 11.3 Å². The summed E-state index contributed by atoms with van der Waals surface area (Å²) in [5.74, 6) is 0. The van der Waals surface area contributed by atoms with Gasteiger partial charge in [0.1, 0.15) is 0 Å². The van der Waals surface area contributed by atoms with E-state index in [1.165, 1.54) is 5.56 Å². The molecular weight excluding hydrogens is 400 g/mol. The standard InChI is InChI=1S/C12H15Br3O/c13-7-12(8-14,9-15)10-16-6-11-4-2-1-3-5-11/h1-5H,6-10H2. The Morgan fingerprint density at radius 2 is 1.50 bits per heavy atom. The molecule has 1 aromatic rings. The van der Waals surface area contributed by atoms with E-state index in [0.29, 0.717) is 6.61 Å². The second kappa shape index (κ2) is 7.85.